The van der Waals surface area contributed by atoms with Crippen LogP contribution in [0.4, 0.5) is 11.6 Å². The molecule has 4 rings (SSSR count). The van der Waals surface area contributed by atoms with Crippen molar-refractivity contribution in [2.75, 3.05) is 23.8 Å². The van der Waals surface area contributed by atoms with Crippen molar-refractivity contribution in [2.24, 2.45) is 9.98 Å². The van der Waals surface area contributed by atoms with Crippen molar-refractivity contribution in [1.82, 2.24) is 19.9 Å². The van der Waals surface area contributed by atoms with Crippen LogP contribution in [-0.2, 0) is 17.8 Å². The molecule has 1 aliphatic heterocycles. The number of hydrogen-bond donors (Lipinski definition) is 1. The Balaban J connectivity index is 1.44. The number of aromatic nitrogens is 4. The summed E-state index contributed by atoms with van der Waals surface area (Å²) >= 11 is 0. The van der Waals surface area contributed by atoms with E-state index in [1.165, 1.54) is 0 Å². The van der Waals surface area contributed by atoms with Crippen LogP contribution in [0, 0.1) is 6.92 Å². The van der Waals surface area contributed by atoms with Gasteiger partial charge in [0.15, 0.2) is 0 Å². The molecule has 9 nitrogen and oxygen atoms in total. The van der Waals surface area contributed by atoms with Crippen LogP contribution < -0.4 is 10.2 Å². The van der Waals surface area contributed by atoms with Crippen LogP contribution in [0.25, 0.3) is 11.3 Å². The van der Waals surface area contributed by atoms with E-state index in [-0.39, 0.29) is 18.5 Å². The molecule has 3 aromatic rings. The summed E-state index contributed by atoms with van der Waals surface area (Å²) < 4.78 is 0. The predicted octanol–water partition coefficient (Wildman–Crippen LogP) is 2.90. The lowest BCUT2D eigenvalue weighted by Crippen LogP contribution is -2.37. The molecule has 1 atom stereocenters. The highest BCUT2D eigenvalue weighted by Crippen LogP contribution is 2.35. The molecule has 168 valence electrons. The maximum absolute atomic E-state index is 12.8. The monoisotopic (exact) mass is 442 g/mol. The lowest BCUT2D eigenvalue weighted by molar-refractivity contribution is -0.115. The zero-order valence-electron chi connectivity index (χ0n) is 18.9. The molecule has 3 aromatic heterocycles. The third-order valence-electron chi connectivity index (χ3n) is 5.40. The number of rotatable bonds is 7. The minimum Gasteiger partial charge on any atom is -0.344 e. The summed E-state index contributed by atoms with van der Waals surface area (Å²) in [5, 5.41) is 2.87. The number of pyridine rings is 2. The predicted molar refractivity (Wildman–Crippen MR) is 130 cm³/mol. The molecule has 1 amide bonds. The van der Waals surface area contributed by atoms with Gasteiger partial charge in [0.2, 0.25) is 5.91 Å². The SMILES string of the molecule is C/N=C\C=N/Cc1ccc(NC(=O)CN2c3ncnc(-c4ccnc(C)c4)c3CC2C)nc1. The molecule has 0 spiro atoms. The fourth-order valence-electron chi connectivity index (χ4n) is 3.83. The summed E-state index contributed by atoms with van der Waals surface area (Å²) in [6, 6.07) is 7.77. The molecule has 1 unspecified atom stereocenters. The number of hydrogen-bond acceptors (Lipinski definition) is 8. The largest absolute Gasteiger partial charge is 0.344 e. The van der Waals surface area contributed by atoms with E-state index in [1.54, 1.807) is 44.3 Å². The van der Waals surface area contributed by atoms with E-state index in [4.69, 9.17) is 0 Å². The van der Waals surface area contributed by atoms with Crippen LogP contribution in [0.1, 0.15) is 23.7 Å². The number of aliphatic imine (C=N–C) groups is 2. The second kappa shape index (κ2) is 10.1. The van der Waals surface area contributed by atoms with Gasteiger partial charge < -0.3 is 10.2 Å². The van der Waals surface area contributed by atoms with Crippen molar-refractivity contribution in [3.8, 4) is 11.3 Å². The van der Waals surface area contributed by atoms with Gasteiger partial charge in [-0.3, -0.25) is 19.8 Å². The van der Waals surface area contributed by atoms with Crippen molar-refractivity contribution in [3.05, 3.63) is 59.8 Å². The minimum absolute atomic E-state index is 0.129. The van der Waals surface area contributed by atoms with Gasteiger partial charge in [-0.25, -0.2) is 15.0 Å². The van der Waals surface area contributed by atoms with Gasteiger partial charge in [0.05, 0.1) is 18.8 Å². The van der Waals surface area contributed by atoms with E-state index in [9.17, 15) is 4.79 Å². The fourth-order valence-corrected chi connectivity index (χ4v) is 3.83. The van der Waals surface area contributed by atoms with Gasteiger partial charge in [0.1, 0.15) is 18.0 Å². The summed E-state index contributed by atoms with van der Waals surface area (Å²) in [6.45, 7) is 4.74. The minimum atomic E-state index is -0.146. The molecule has 0 radical (unpaired) electrons. The van der Waals surface area contributed by atoms with Gasteiger partial charge in [-0.1, -0.05) is 6.07 Å². The van der Waals surface area contributed by atoms with Gasteiger partial charge in [0, 0.05) is 54.7 Å². The second-order valence-corrected chi connectivity index (χ2v) is 7.89. The van der Waals surface area contributed by atoms with Crippen LogP contribution >= 0.6 is 0 Å². The van der Waals surface area contributed by atoms with Crippen LogP contribution in [0.3, 0.4) is 0 Å². The lowest BCUT2D eigenvalue weighted by atomic mass is 10.0. The quantitative estimate of drug-likeness (QED) is 0.564. The number of anilines is 2. The van der Waals surface area contributed by atoms with Gasteiger partial charge in [-0.15, -0.1) is 0 Å². The second-order valence-electron chi connectivity index (χ2n) is 7.89. The Morgan fingerprint density at radius 1 is 1.21 bits per heavy atom. The molecule has 0 aliphatic carbocycles. The summed E-state index contributed by atoms with van der Waals surface area (Å²) in [6.07, 6.45) is 9.10. The zero-order valence-corrected chi connectivity index (χ0v) is 18.9. The first-order valence-corrected chi connectivity index (χ1v) is 10.7. The van der Waals surface area contributed by atoms with E-state index in [2.05, 4.69) is 42.2 Å². The molecule has 9 heteroatoms. The molecule has 0 fully saturated rings. The molecule has 1 N–H and O–H groups in total. The molecular weight excluding hydrogens is 416 g/mol. The maximum atomic E-state index is 12.8. The van der Waals surface area contributed by atoms with Crippen LogP contribution in [0.5, 0.6) is 0 Å². The van der Waals surface area contributed by atoms with E-state index >= 15 is 0 Å². The molecule has 0 aromatic carbocycles. The van der Waals surface area contributed by atoms with Crippen molar-refractivity contribution >= 4 is 30.0 Å². The van der Waals surface area contributed by atoms with Crippen molar-refractivity contribution < 1.29 is 4.79 Å². The highest BCUT2D eigenvalue weighted by Gasteiger charge is 2.31. The zero-order chi connectivity index (χ0) is 23.2. The fraction of sp³-hybridized carbons (Fsp3) is 0.292. The van der Waals surface area contributed by atoms with Gasteiger partial charge in [-0.2, -0.15) is 0 Å². The number of nitrogens with zero attached hydrogens (tertiary/aromatic N) is 7. The maximum Gasteiger partial charge on any atom is 0.245 e. The molecule has 0 saturated heterocycles. The number of carbonyl (C=O) groups excluding carboxylic acids is 1. The summed E-state index contributed by atoms with van der Waals surface area (Å²) in [5.74, 6) is 1.16. The first-order chi connectivity index (χ1) is 16.0. The first-order valence-electron chi connectivity index (χ1n) is 10.7. The molecule has 33 heavy (non-hydrogen) atoms. The van der Waals surface area contributed by atoms with Gasteiger partial charge in [-0.05, 0) is 44.0 Å². The van der Waals surface area contributed by atoms with Crippen molar-refractivity contribution in [2.45, 2.75) is 32.9 Å². The molecule has 1 aliphatic rings. The Labute approximate surface area is 192 Å². The van der Waals surface area contributed by atoms with Crippen LogP contribution in [-0.4, -0.2) is 57.9 Å². The number of fused-ring (bicyclic) bond motifs is 1. The van der Waals surface area contributed by atoms with E-state index in [0.717, 1.165) is 40.3 Å². The molecule has 0 bridgehead atoms. The standard InChI is InChI=1S/C24H26N8O/c1-16-10-19(6-7-27-16)23-20-11-17(2)32(24(20)30-15-29-23)14-22(33)31-21-5-4-18(13-28-21)12-26-9-8-25-3/h4-10,13,15,17H,11-12,14H2,1-3H3,(H,28,31,33)/b25-8-,26-9-. The average Bonchev–Trinajstić information content (AvgIpc) is 3.13. The van der Waals surface area contributed by atoms with Crippen LogP contribution in [0.15, 0.2) is 53.0 Å². The average molecular weight is 443 g/mol. The molecular formula is C24H26N8O. The highest BCUT2D eigenvalue weighted by molar-refractivity contribution is 6.15. The molecule has 4 heterocycles. The van der Waals surface area contributed by atoms with Gasteiger partial charge in [0.25, 0.3) is 0 Å². The van der Waals surface area contributed by atoms with Crippen molar-refractivity contribution in [3.63, 3.8) is 0 Å². The first kappa shape index (κ1) is 22.2. The smallest absolute Gasteiger partial charge is 0.245 e. The normalized spacial score (nSPS) is 15.4. The lowest BCUT2D eigenvalue weighted by Gasteiger charge is -2.22. The number of nitrogens with one attached hydrogen (secondary N) is 1. The third kappa shape index (κ3) is 5.25. The summed E-state index contributed by atoms with van der Waals surface area (Å²) in [4.78, 5) is 40.5. The number of aryl methyl sites for hydroxylation is 1. The topological polar surface area (TPSA) is 109 Å². The highest BCUT2D eigenvalue weighted by atomic mass is 16.2. The summed E-state index contributed by atoms with van der Waals surface area (Å²) in [7, 11) is 1.69. The summed E-state index contributed by atoms with van der Waals surface area (Å²) in [5.41, 5.74) is 4.84. The van der Waals surface area contributed by atoms with Crippen LogP contribution in [0.2, 0.25) is 0 Å². The van der Waals surface area contributed by atoms with Crippen molar-refractivity contribution in [1.29, 1.82) is 0 Å². The van der Waals surface area contributed by atoms with E-state index in [1.807, 2.05) is 30.0 Å². The Bertz CT molecular complexity index is 1190. The Kier molecular flexibility index (Phi) is 6.77. The Hall–Kier alpha value is -4.01. The Morgan fingerprint density at radius 2 is 2.09 bits per heavy atom. The van der Waals surface area contributed by atoms with E-state index in [0.29, 0.717) is 12.4 Å². The number of carbonyl (C=O) groups is 1. The Morgan fingerprint density at radius 3 is 2.85 bits per heavy atom. The van der Waals surface area contributed by atoms with Gasteiger partial charge >= 0.3 is 0 Å². The number of amides is 1. The van der Waals surface area contributed by atoms with E-state index < -0.39 is 0 Å². The molecule has 0 saturated carbocycles. The third-order valence-corrected chi connectivity index (χ3v) is 5.40.